The molecule has 0 atom stereocenters. The maximum atomic E-state index is 12.8. The fourth-order valence-corrected chi connectivity index (χ4v) is 4.06. The van der Waals surface area contributed by atoms with Gasteiger partial charge in [-0.1, -0.05) is 5.16 Å². The van der Waals surface area contributed by atoms with Crippen LogP contribution in [0, 0.1) is 12.8 Å². The second-order valence-electron chi connectivity index (χ2n) is 7.24. The average molecular weight is 453 g/mol. The number of carboxylic acid groups (broad SMARTS) is 1. The van der Waals surface area contributed by atoms with Crippen molar-refractivity contribution in [1.29, 1.82) is 0 Å². The molecule has 1 aliphatic heterocycles. The first-order valence-electron chi connectivity index (χ1n) is 9.46. The first-order chi connectivity index (χ1) is 15.4. The molecule has 13 heteroatoms. The molecule has 5 rings (SSSR count). The monoisotopic (exact) mass is 453 g/mol. The summed E-state index contributed by atoms with van der Waals surface area (Å²) in [5.41, 5.74) is -0.133. The van der Waals surface area contributed by atoms with Gasteiger partial charge in [-0.25, -0.2) is 14.8 Å². The van der Waals surface area contributed by atoms with Gasteiger partial charge in [0.2, 0.25) is 16.5 Å². The number of amides is 1. The van der Waals surface area contributed by atoms with E-state index < -0.39 is 11.4 Å². The quantitative estimate of drug-likeness (QED) is 0.451. The van der Waals surface area contributed by atoms with Gasteiger partial charge in [0.15, 0.2) is 11.5 Å². The topological polar surface area (TPSA) is 156 Å². The molecule has 2 N–H and O–H groups in total. The Hall–Kier alpha value is -4.13. The Morgan fingerprint density at radius 2 is 2.16 bits per heavy atom. The number of carbonyl (C=O) groups is 2. The molecule has 5 heterocycles. The number of carbonyl (C=O) groups excluding carboxylic acids is 1. The highest BCUT2D eigenvalue weighted by atomic mass is 32.1. The van der Waals surface area contributed by atoms with Gasteiger partial charge in [0, 0.05) is 36.9 Å². The van der Waals surface area contributed by atoms with Crippen LogP contribution in [0.3, 0.4) is 0 Å². The minimum absolute atomic E-state index is 0.176. The summed E-state index contributed by atoms with van der Waals surface area (Å²) in [4.78, 5) is 47.4. The van der Waals surface area contributed by atoms with Crippen LogP contribution in [0.2, 0.25) is 0 Å². The second kappa shape index (κ2) is 7.53. The van der Waals surface area contributed by atoms with Crippen molar-refractivity contribution in [2.24, 2.45) is 5.92 Å². The van der Waals surface area contributed by atoms with Crippen molar-refractivity contribution in [3.05, 3.63) is 52.3 Å². The molecule has 0 saturated carbocycles. The van der Waals surface area contributed by atoms with Crippen molar-refractivity contribution in [3.8, 4) is 5.13 Å². The lowest BCUT2D eigenvalue weighted by Crippen LogP contribution is -2.52. The maximum absolute atomic E-state index is 12.8. The molecule has 0 unspecified atom stereocenters. The molecule has 4 aromatic heterocycles. The highest BCUT2D eigenvalue weighted by molar-refractivity contribution is 7.08. The number of aromatic carboxylic acids is 1. The van der Waals surface area contributed by atoms with Gasteiger partial charge in [0.25, 0.3) is 0 Å². The molecular weight excluding hydrogens is 438 g/mol. The molecule has 1 amide bonds. The zero-order valence-electron chi connectivity index (χ0n) is 16.6. The average Bonchev–Trinajstić information content (AvgIpc) is 3.40. The number of nitrogens with zero attached hydrogens (tertiary/aromatic N) is 6. The maximum Gasteiger partial charge on any atom is 0.341 e. The summed E-state index contributed by atoms with van der Waals surface area (Å²) < 4.78 is 10.1. The van der Waals surface area contributed by atoms with Gasteiger partial charge in [-0.2, -0.15) is 4.37 Å². The first-order valence-corrected chi connectivity index (χ1v) is 10.2. The molecule has 32 heavy (non-hydrogen) atoms. The number of fused-ring (bicyclic) bond motifs is 1. The third-order valence-electron chi connectivity index (χ3n) is 5.19. The Balaban J connectivity index is 1.50. The minimum Gasteiger partial charge on any atom is -0.477 e. The number of hydrogen-bond acceptors (Lipinski definition) is 10. The number of aryl methyl sites for hydroxylation is 1. The van der Waals surface area contributed by atoms with Gasteiger partial charge in [0.1, 0.15) is 24.0 Å². The van der Waals surface area contributed by atoms with Crippen molar-refractivity contribution >= 4 is 46.1 Å². The van der Waals surface area contributed by atoms with Gasteiger partial charge >= 0.3 is 5.97 Å². The van der Waals surface area contributed by atoms with Crippen LogP contribution in [0.15, 0.2) is 40.2 Å². The third kappa shape index (κ3) is 3.28. The first kappa shape index (κ1) is 19.8. The number of rotatable bonds is 5. The van der Waals surface area contributed by atoms with E-state index in [0.29, 0.717) is 35.4 Å². The van der Waals surface area contributed by atoms with Gasteiger partial charge in [0.05, 0.1) is 11.3 Å². The lowest BCUT2D eigenvalue weighted by atomic mass is 9.98. The van der Waals surface area contributed by atoms with Crippen LogP contribution in [-0.2, 0) is 4.79 Å². The Morgan fingerprint density at radius 3 is 2.81 bits per heavy atom. The number of carboxylic acids is 1. The number of nitrogens with one attached hydrogen (secondary N) is 1. The highest BCUT2D eigenvalue weighted by Crippen LogP contribution is 2.28. The number of pyridine rings is 2. The predicted molar refractivity (Wildman–Crippen MR) is 113 cm³/mol. The van der Waals surface area contributed by atoms with E-state index in [1.54, 1.807) is 19.1 Å². The van der Waals surface area contributed by atoms with Crippen molar-refractivity contribution in [1.82, 2.24) is 24.1 Å². The molecule has 0 aliphatic carbocycles. The van der Waals surface area contributed by atoms with Crippen LogP contribution in [-0.4, -0.2) is 54.1 Å². The largest absolute Gasteiger partial charge is 0.477 e. The van der Waals surface area contributed by atoms with Crippen LogP contribution in [0.1, 0.15) is 15.9 Å². The molecule has 0 spiro atoms. The molecule has 12 nitrogen and oxygen atoms in total. The zero-order chi connectivity index (χ0) is 22.4. The molecule has 4 aromatic rings. The fourth-order valence-electron chi connectivity index (χ4n) is 3.55. The fraction of sp³-hybridized carbons (Fsp3) is 0.211. The number of aromatic nitrogens is 5. The Bertz CT molecular complexity index is 1390. The lowest BCUT2D eigenvalue weighted by molar-refractivity contribution is -0.120. The summed E-state index contributed by atoms with van der Waals surface area (Å²) >= 11 is 1.05. The Morgan fingerprint density at radius 1 is 1.34 bits per heavy atom. The van der Waals surface area contributed by atoms with Gasteiger partial charge in [-0.15, -0.1) is 0 Å². The summed E-state index contributed by atoms with van der Waals surface area (Å²) in [5, 5.41) is 16.4. The minimum atomic E-state index is -1.33. The van der Waals surface area contributed by atoms with Crippen molar-refractivity contribution in [2.45, 2.75) is 6.92 Å². The Labute approximate surface area is 183 Å². The van der Waals surface area contributed by atoms with E-state index in [2.05, 4.69) is 24.8 Å². The van der Waals surface area contributed by atoms with Gasteiger partial charge in [-0.3, -0.25) is 14.2 Å². The molecule has 1 saturated heterocycles. The summed E-state index contributed by atoms with van der Waals surface area (Å²) in [5.74, 6) is -0.846. The SMILES string of the molecule is Cc1cc(N2CC(C(=O)Nc3ccon3)C2)nc2c1c(=O)c(C(=O)O)cn2-c1ncns1. The summed E-state index contributed by atoms with van der Waals surface area (Å²) in [6.07, 6.45) is 3.93. The Kier molecular flexibility index (Phi) is 4.66. The molecule has 0 aromatic carbocycles. The van der Waals surface area contributed by atoms with Crippen molar-refractivity contribution in [3.63, 3.8) is 0 Å². The van der Waals surface area contributed by atoms with E-state index in [4.69, 9.17) is 4.52 Å². The van der Waals surface area contributed by atoms with E-state index in [-0.39, 0.29) is 28.4 Å². The van der Waals surface area contributed by atoms with E-state index in [1.807, 2.05) is 4.90 Å². The predicted octanol–water partition coefficient (Wildman–Crippen LogP) is 1.31. The van der Waals surface area contributed by atoms with Gasteiger partial charge < -0.3 is 19.8 Å². The van der Waals surface area contributed by atoms with E-state index >= 15 is 0 Å². The van der Waals surface area contributed by atoms with Crippen molar-refractivity contribution in [2.75, 3.05) is 23.3 Å². The molecule has 1 aliphatic rings. The standard InChI is InChI=1S/C19H15N7O5S/c1-9-4-13(25-5-10(6-25)17(28)22-12-2-3-31-24-12)23-16-14(9)15(27)11(18(29)30)7-26(16)19-20-8-21-32-19/h2-4,7-8,10H,5-6H2,1H3,(H,29,30)(H,22,24,28). The summed E-state index contributed by atoms with van der Waals surface area (Å²) in [6, 6.07) is 3.27. The van der Waals surface area contributed by atoms with E-state index in [1.165, 1.54) is 23.4 Å². The van der Waals surface area contributed by atoms with Crippen molar-refractivity contribution < 1.29 is 19.2 Å². The molecule has 0 bridgehead atoms. The summed E-state index contributed by atoms with van der Waals surface area (Å²) in [6.45, 7) is 2.58. The normalized spacial score (nSPS) is 13.8. The second-order valence-corrected chi connectivity index (χ2v) is 8.00. The van der Waals surface area contributed by atoms with E-state index in [0.717, 1.165) is 11.5 Å². The van der Waals surface area contributed by atoms with Crippen LogP contribution in [0.25, 0.3) is 16.2 Å². The van der Waals surface area contributed by atoms with Crippen LogP contribution < -0.4 is 15.6 Å². The lowest BCUT2D eigenvalue weighted by Gasteiger charge is -2.39. The summed E-state index contributed by atoms with van der Waals surface area (Å²) in [7, 11) is 0. The van der Waals surface area contributed by atoms with E-state index in [9.17, 15) is 19.5 Å². The van der Waals surface area contributed by atoms with Gasteiger partial charge in [-0.05, 0) is 18.6 Å². The molecule has 162 valence electrons. The number of anilines is 2. The van der Waals surface area contributed by atoms with Crippen LogP contribution in [0.4, 0.5) is 11.6 Å². The smallest absolute Gasteiger partial charge is 0.341 e. The highest BCUT2D eigenvalue weighted by Gasteiger charge is 2.34. The van der Waals surface area contributed by atoms with Crippen LogP contribution >= 0.6 is 11.5 Å². The molecular formula is C19H15N7O5S. The molecule has 1 fully saturated rings. The van der Waals surface area contributed by atoms with Crippen LogP contribution in [0.5, 0.6) is 0 Å². The third-order valence-corrected chi connectivity index (χ3v) is 5.86. The molecule has 0 radical (unpaired) electrons. The number of hydrogen-bond donors (Lipinski definition) is 2. The zero-order valence-corrected chi connectivity index (χ0v) is 17.4.